The second kappa shape index (κ2) is 3.92. The lowest BCUT2D eigenvalue weighted by Crippen LogP contribution is -2.26. The van der Waals surface area contributed by atoms with Crippen LogP contribution in [-0.4, -0.2) is 22.8 Å². The van der Waals surface area contributed by atoms with Gasteiger partial charge in [0.15, 0.2) is 0 Å². The molecule has 3 heteroatoms. The van der Waals surface area contributed by atoms with Crippen LogP contribution in [-0.2, 0) is 4.74 Å². The molecule has 0 amide bonds. The Bertz CT molecular complexity index is 491. The summed E-state index contributed by atoms with van der Waals surface area (Å²) in [5.74, 6) is 0. The fraction of sp³-hybridized carbons (Fsp3) is 0.385. The predicted molar refractivity (Wildman–Crippen MR) is 62.2 cm³/mol. The van der Waals surface area contributed by atoms with Gasteiger partial charge in [0.25, 0.3) is 0 Å². The molecule has 0 bridgehead atoms. The van der Waals surface area contributed by atoms with Crippen molar-refractivity contribution in [2.45, 2.75) is 25.0 Å². The van der Waals surface area contributed by atoms with Crippen LogP contribution in [0, 0.1) is 0 Å². The number of fused-ring (bicyclic) bond motifs is 1. The van der Waals surface area contributed by atoms with Crippen LogP contribution in [0.1, 0.15) is 24.5 Å². The van der Waals surface area contributed by atoms with Gasteiger partial charge in [-0.15, -0.1) is 0 Å². The van der Waals surface area contributed by atoms with Crippen molar-refractivity contribution in [1.82, 2.24) is 4.98 Å². The molecule has 1 fully saturated rings. The Morgan fingerprint density at radius 1 is 1.25 bits per heavy atom. The van der Waals surface area contributed by atoms with E-state index in [1.54, 1.807) is 0 Å². The molecule has 2 unspecified atom stereocenters. The summed E-state index contributed by atoms with van der Waals surface area (Å²) in [4.78, 5) is 3.08. The predicted octanol–water partition coefficient (Wildman–Crippen LogP) is 2.38. The minimum atomic E-state index is -0.370. The smallest absolute Gasteiger partial charge is 0.108 e. The molecule has 16 heavy (non-hydrogen) atoms. The maximum Gasteiger partial charge on any atom is 0.108 e. The molecule has 3 rings (SSSR count). The molecule has 3 nitrogen and oxygen atoms in total. The van der Waals surface area contributed by atoms with Crippen molar-refractivity contribution >= 4 is 10.8 Å². The summed E-state index contributed by atoms with van der Waals surface area (Å²) in [5, 5.41) is 12.3. The summed E-state index contributed by atoms with van der Waals surface area (Å²) in [6.07, 6.45) is 5.18. The van der Waals surface area contributed by atoms with E-state index in [9.17, 15) is 5.11 Å². The summed E-state index contributed by atoms with van der Waals surface area (Å²) in [5.41, 5.74) is 1.07. The van der Waals surface area contributed by atoms with E-state index in [0.29, 0.717) is 0 Å². The third-order valence-corrected chi connectivity index (χ3v) is 3.21. The molecule has 0 saturated carbocycles. The summed E-state index contributed by atoms with van der Waals surface area (Å²) >= 11 is 0. The highest BCUT2D eigenvalue weighted by atomic mass is 16.5. The quantitative estimate of drug-likeness (QED) is 0.770. The van der Waals surface area contributed by atoms with Gasteiger partial charge in [0.1, 0.15) is 6.10 Å². The molecule has 1 aliphatic rings. The normalized spacial score (nSPS) is 26.1. The second-order valence-electron chi connectivity index (χ2n) is 4.34. The van der Waals surface area contributed by atoms with Crippen molar-refractivity contribution in [3.8, 4) is 0 Å². The molecular formula is C13H15NO2. The lowest BCUT2D eigenvalue weighted by Gasteiger charge is -2.28. The Balaban J connectivity index is 1.97. The maximum atomic E-state index is 9.91. The number of aromatic amines is 1. The highest BCUT2D eigenvalue weighted by Gasteiger charge is 2.25. The number of aliphatic hydroxyl groups is 1. The molecule has 0 radical (unpaired) electrons. The Morgan fingerprint density at radius 2 is 2.12 bits per heavy atom. The van der Waals surface area contributed by atoms with Gasteiger partial charge in [-0.25, -0.2) is 0 Å². The van der Waals surface area contributed by atoms with E-state index in [4.69, 9.17) is 4.74 Å². The van der Waals surface area contributed by atoms with Crippen molar-refractivity contribution in [3.63, 3.8) is 0 Å². The number of hydrogen-bond donors (Lipinski definition) is 2. The van der Waals surface area contributed by atoms with Gasteiger partial charge in [-0.2, -0.15) is 0 Å². The van der Waals surface area contributed by atoms with Gasteiger partial charge in [0.2, 0.25) is 0 Å². The van der Waals surface area contributed by atoms with Crippen LogP contribution in [0.3, 0.4) is 0 Å². The van der Waals surface area contributed by atoms with Gasteiger partial charge >= 0.3 is 0 Å². The third kappa shape index (κ3) is 1.62. The highest BCUT2D eigenvalue weighted by Crippen LogP contribution is 2.30. The standard InChI is InChI=1S/C13H15NO2/c15-12-2-1-5-16-13(12)9-3-4-10-7-14-8-11(10)6-9/h3-4,6-8,12-15H,1-2,5H2. The van der Waals surface area contributed by atoms with Gasteiger partial charge < -0.3 is 14.8 Å². The zero-order valence-corrected chi connectivity index (χ0v) is 9.02. The fourth-order valence-electron chi connectivity index (χ4n) is 2.33. The van der Waals surface area contributed by atoms with Gasteiger partial charge in [-0.3, -0.25) is 0 Å². The van der Waals surface area contributed by atoms with E-state index >= 15 is 0 Å². The largest absolute Gasteiger partial charge is 0.390 e. The Morgan fingerprint density at radius 3 is 3.00 bits per heavy atom. The minimum absolute atomic E-state index is 0.159. The van der Waals surface area contributed by atoms with Crippen LogP contribution in [0.25, 0.3) is 10.8 Å². The average Bonchev–Trinajstić information content (AvgIpc) is 2.76. The lowest BCUT2D eigenvalue weighted by atomic mass is 9.97. The first kappa shape index (κ1) is 9.87. The van der Waals surface area contributed by atoms with Crippen molar-refractivity contribution in [3.05, 3.63) is 36.2 Å². The van der Waals surface area contributed by atoms with Crippen LogP contribution in [0.2, 0.25) is 0 Å². The van der Waals surface area contributed by atoms with Crippen molar-refractivity contribution in [1.29, 1.82) is 0 Å². The maximum absolute atomic E-state index is 9.91. The average molecular weight is 217 g/mol. The molecule has 0 spiro atoms. The first-order chi connectivity index (χ1) is 7.84. The van der Waals surface area contributed by atoms with Crippen LogP contribution >= 0.6 is 0 Å². The van der Waals surface area contributed by atoms with Crippen LogP contribution in [0.15, 0.2) is 30.6 Å². The number of ether oxygens (including phenoxy) is 1. The number of hydrogen-bond acceptors (Lipinski definition) is 2. The summed E-state index contributed by atoms with van der Waals surface area (Å²) in [6, 6.07) is 6.19. The SMILES string of the molecule is OC1CCCOC1c1ccc2c[nH]cc2c1. The van der Waals surface area contributed by atoms with Crippen LogP contribution in [0.5, 0.6) is 0 Å². The molecule has 1 saturated heterocycles. The monoisotopic (exact) mass is 217 g/mol. The van der Waals surface area contributed by atoms with Crippen LogP contribution < -0.4 is 0 Å². The molecule has 2 heterocycles. The summed E-state index contributed by atoms with van der Waals surface area (Å²) in [6.45, 7) is 0.743. The molecule has 1 aliphatic heterocycles. The number of benzene rings is 1. The first-order valence-electron chi connectivity index (χ1n) is 5.71. The third-order valence-electron chi connectivity index (χ3n) is 3.21. The molecule has 2 aromatic rings. The number of H-pyrrole nitrogens is 1. The molecule has 2 atom stereocenters. The van der Waals surface area contributed by atoms with Crippen molar-refractivity contribution in [2.75, 3.05) is 6.61 Å². The van der Waals surface area contributed by atoms with Gasteiger partial charge in [-0.1, -0.05) is 12.1 Å². The van der Waals surface area contributed by atoms with E-state index in [0.717, 1.165) is 25.0 Å². The molecule has 2 N–H and O–H groups in total. The van der Waals surface area contributed by atoms with Gasteiger partial charge in [-0.05, 0) is 35.2 Å². The summed E-state index contributed by atoms with van der Waals surface area (Å²) in [7, 11) is 0. The Labute approximate surface area is 94.0 Å². The molecular weight excluding hydrogens is 202 g/mol. The number of rotatable bonds is 1. The topological polar surface area (TPSA) is 45.2 Å². The van der Waals surface area contributed by atoms with Crippen LogP contribution in [0.4, 0.5) is 0 Å². The molecule has 0 aliphatic carbocycles. The van der Waals surface area contributed by atoms with E-state index in [1.165, 1.54) is 10.8 Å². The Hall–Kier alpha value is -1.32. The van der Waals surface area contributed by atoms with E-state index in [-0.39, 0.29) is 12.2 Å². The zero-order chi connectivity index (χ0) is 11.0. The number of aromatic nitrogens is 1. The highest BCUT2D eigenvalue weighted by molar-refractivity contribution is 5.82. The van der Waals surface area contributed by atoms with E-state index in [2.05, 4.69) is 17.1 Å². The fourth-order valence-corrected chi connectivity index (χ4v) is 2.33. The number of aliphatic hydroxyl groups excluding tert-OH is 1. The minimum Gasteiger partial charge on any atom is -0.390 e. The van der Waals surface area contributed by atoms with Gasteiger partial charge in [0.05, 0.1) is 6.10 Å². The second-order valence-corrected chi connectivity index (χ2v) is 4.34. The molecule has 1 aromatic heterocycles. The molecule has 1 aromatic carbocycles. The zero-order valence-electron chi connectivity index (χ0n) is 9.02. The van der Waals surface area contributed by atoms with Gasteiger partial charge in [0, 0.05) is 19.0 Å². The Kier molecular flexibility index (Phi) is 2.42. The summed E-state index contributed by atoms with van der Waals surface area (Å²) < 4.78 is 5.64. The first-order valence-corrected chi connectivity index (χ1v) is 5.71. The van der Waals surface area contributed by atoms with E-state index in [1.807, 2.05) is 18.5 Å². The van der Waals surface area contributed by atoms with Crippen molar-refractivity contribution < 1.29 is 9.84 Å². The number of nitrogens with one attached hydrogen (secondary N) is 1. The van der Waals surface area contributed by atoms with E-state index < -0.39 is 0 Å². The van der Waals surface area contributed by atoms with Crippen molar-refractivity contribution in [2.24, 2.45) is 0 Å². The molecule has 84 valence electrons. The lowest BCUT2D eigenvalue weighted by molar-refractivity contribution is -0.0758.